The van der Waals surface area contributed by atoms with Crippen LogP contribution < -0.4 is 5.32 Å². The van der Waals surface area contributed by atoms with E-state index in [1.807, 2.05) is 11.8 Å². The third-order valence-corrected chi connectivity index (χ3v) is 3.07. The number of thioether (sulfide) groups is 1. The SMILES string of the molecule is CSCCCCCNCc1ccccc1. The van der Waals surface area contributed by atoms with Crippen molar-refractivity contribution in [3.05, 3.63) is 35.9 Å². The van der Waals surface area contributed by atoms with E-state index in [-0.39, 0.29) is 0 Å². The normalized spacial score (nSPS) is 10.5. The lowest BCUT2D eigenvalue weighted by molar-refractivity contribution is 0.618. The Morgan fingerprint density at radius 1 is 1.07 bits per heavy atom. The van der Waals surface area contributed by atoms with Gasteiger partial charge in [-0.1, -0.05) is 36.8 Å². The van der Waals surface area contributed by atoms with E-state index in [0.717, 1.165) is 13.1 Å². The summed E-state index contributed by atoms with van der Waals surface area (Å²) >= 11 is 1.94. The zero-order valence-electron chi connectivity index (χ0n) is 9.54. The Balaban J connectivity index is 1.93. The van der Waals surface area contributed by atoms with Crippen molar-refractivity contribution < 1.29 is 0 Å². The molecule has 0 saturated carbocycles. The van der Waals surface area contributed by atoms with Crippen molar-refractivity contribution >= 4 is 11.8 Å². The van der Waals surface area contributed by atoms with Crippen LogP contribution in [0.15, 0.2) is 30.3 Å². The summed E-state index contributed by atoms with van der Waals surface area (Å²) in [5, 5.41) is 3.47. The summed E-state index contributed by atoms with van der Waals surface area (Å²) in [7, 11) is 0. The minimum absolute atomic E-state index is 1.00. The minimum Gasteiger partial charge on any atom is -0.313 e. The van der Waals surface area contributed by atoms with E-state index in [1.165, 1.54) is 30.6 Å². The van der Waals surface area contributed by atoms with Gasteiger partial charge < -0.3 is 5.32 Å². The molecule has 0 saturated heterocycles. The maximum atomic E-state index is 3.47. The van der Waals surface area contributed by atoms with Gasteiger partial charge in [-0.15, -0.1) is 0 Å². The molecule has 0 unspecified atom stereocenters. The van der Waals surface area contributed by atoms with Crippen LogP contribution in [0.1, 0.15) is 24.8 Å². The lowest BCUT2D eigenvalue weighted by Crippen LogP contribution is -2.14. The third-order valence-electron chi connectivity index (χ3n) is 2.37. The van der Waals surface area contributed by atoms with Gasteiger partial charge in [0.05, 0.1) is 0 Å². The van der Waals surface area contributed by atoms with Crippen molar-refractivity contribution in [2.24, 2.45) is 0 Å². The molecule has 0 fully saturated rings. The summed E-state index contributed by atoms with van der Waals surface area (Å²) in [6.07, 6.45) is 6.18. The molecule has 0 aromatic heterocycles. The molecular formula is C13H21NS. The largest absolute Gasteiger partial charge is 0.313 e. The van der Waals surface area contributed by atoms with Crippen molar-refractivity contribution in [2.45, 2.75) is 25.8 Å². The second kappa shape index (κ2) is 8.81. The van der Waals surface area contributed by atoms with Crippen molar-refractivity contribution in [1.82, 2.24) is 5.32 Å². The van der Waals surface area contributed by atoms with Crippen molar-refractivity contribution in [2.75, 3.05) is 18.6 Å². The van der Waals surface area contributed by atoms with Gasteiger partial charge in [-0.2, -0.15) is 11.8 Å². The predicted molar refractivity (Wildman–Crippen MR) is 70.4 cm³/mol. The Bertz CT molecular complexity index is 236. The quantitative estimate of drug-likeness (QED) is 0.679. The number of benzene rings is 1. The number of nitrogens with one attached hydrogen (secondary N) is 1. The summed E-state index contributed by atoms with van der Waals surface area (Å²) in [6, 6.07) is 10.6. The number of hydrogen-bond donors (Lipinski definition) is 1. The topological polar surface area (TPSA) is 12.0 Å². The molecule has 1 aromatic carbocycles. The van der Waals surface area contributed by atoms with E-state index < -0.39 is 0 Å². The molecule has 0 radical (unpaired) electrons. The second-order valence-corrected chi connectivity index (χ2v) is 4.70. The van der Waals surface area contributed by atoms with E-state index in [2.05, 4.69) is 41.9 Å². The number of unbranched alkanes of at least 4 members (excludes halogenated alkanes) is 2. The summed E-state index contributed by atoms with van der Waals surface area (Å²) in [6.45, 7) is 2.15. The molecule has 0 aliphatic heterocycles. The fraction of sp³-hybridized carbons (Fsp3) is 0.538. The average molecular weight is 223 g/mol. The summed E-state index contributed by atoms with van der Waals surface area (Å²) in [5.41, 5.74) is 1.38. The van der Waals surface area contributed by atoms with Crippen LogP contribution in [0.4, 0.5) is 0 Å². The molecule has 1 rings (SSSR count). The van der Waals surface area contributed by atoms with Crippen LogP contribution in [-0.2, 0) is 6.54 Å². The molecular weight excluding hydrogens is 202 g/mol. The van der Waals surface area contributed by atoms with Gasteiger partial charge in [-0.3, -0.25) is 0 Å². The van der Waals surface area contributed by atoms with E-state index >= 15 is 0 Å². The number of hydrogen-bond acceptors (Lipinski definition) is 2. The van der Waals surface area contributed by atoms with Gasteiger partial charge in [-0.05, 0) is 37.0 Å². The predicted octanol–water partition coefficient (Wildman–Crippen LogP) is 3.31. The Kier molecular flexibility index (Phi) is 7.40. The van der Waals surface area contributed by atoms with Crippen LogP contribution >= 0.6 is 11.8 Å². The highest BCUT2D eigenvalue weighted by Crippen LogP contribution is 2.02. The Morgan fingerprint density at radius 2 is 1.87 bits per heavy atom. The molecule has 1 aromatic rings. The summed E-state index contributed by atoms with van der Waals surface area (Å²) in [4.78, 5) is 0. The van der Waals surface area contributed by atoms with Crippen LogP contribution in [0.25, 0.3) is 0 Å². The van der Waals surface area contributed by atoms with E-state index in [0.29, 0.717) is 0 Å². The first-order chi connectivity index (χ1) is 7.43. The highest BCUT2D eigenvalue weighted by molar-refractivity contribution is 7.98. The fourth-order valence-corrected chi connectivity index (χ4v) is 1.99. The molecule has 0 heterocycles. The van der Waals surface area contributed by atoms with Crippen molar-refractivity contribution in [3.63, 3.8) is 0 Å². The van der Waals surface area contributed by atoms with E-state index in [4.69, 9.17) is 0 Å². The van der Waals surface area contributed by atoms with Crippen molar-refractivity contribution in [1.29, 1.82) is 0 Å². The smallest absolute Gasteiger partial charge is 0.0205 e. The summed E-state index contributed by atoms with van der Waals surface area (Å²) in [5.74, 6) is 1.30. The fourth-order valence-electron chi connectivity index (χ4n) is 1.50. The van der Waals surface area contributed by atoms with Crippen LogP contribution in [0.5, 0.6) is 0 Å². The van der Waals surface area contributed by atoms with Crippen LogP contribution in [0, 0.1) is 0 Å². The maximum Gasteiger partial charge on any atom is 0.0205 e. The van der Waals surface area contributed by atoms with E-state index in [9.17, 15) is 0 Å². The molecule has 1 nitrogen and oxygen atoms in total. The summed E-state index contributed by atoms with van der Waals surface area (Å²) < 4.78 is 0. The average Bonchev–Trinajstić information content (AvgIpc) is 2.29. The molecule has 15 heavy (non-hydrogen) atoms. The van der Waals surface area contributed by atoms with Gasteiger partial charge in [-0.25, -0.2) is 0 Å². The lowest BCUT2D eigenvalue weighted by atomic mass is 10.2. The van der Waals surface area contributed by atoms with E-state index in [1.54, 1.807) is 0 Å². The Morgan fingerprint density at radius 3 is 2.60 bits per heavy atom. The zero-order valence-corrected chi connectivity index (χ0v) is 10.4. The minimum atomic E-state index is 1.00. The first-order valence-electron chi connectivity index (χ1n) is 5.67. The van der Waals surface area contributed by atoms with Gasteiger partial charge in [0.25, 0.3) is 0 Å². The molecule has 0 aliphatic carbocycles. The molecule has 1 N–H and O–H groups in total. The molecule has 0 aliphatic rings. The van der Waals surface area contributed by atoms with Crippen LogP contribution in [0.2, 0.25) is 0 Å². The van der Waals surface area contributed by atoms with Gasteiger partial charge in [0.2, 0.25) is 0 Å². The first kappa shape index (κ1) is 12.6. The van der Waals surface area contributed by atoms with Gasteiger partial charge >= 0.3 is 0 Å². The molecule has 0 amide bonds. The van der Waals surface area contributed by atoms with Gasteiger partial charge in [0.15, 0.2) is 0 Å². The van der Waals surface area contributed by atoms with Crippen molar-refractivity contribution in [3.8, 4) is 0 Å². The Labute approximate surface area is 97.7 Å². The second-order valence-electron chi connectivity index (χ2n) is 3.72. The standard InChI is InChI=1S/C13H21NS/c1-15-11-7-3-6-10-14-12-13-8-4-2-5-9-13/h2,4-5,8-9,14H,3,6-7,10-12H2,1H3. The lowest BCUT2D eigenvalue weighted by Gasteiger charge is -2.04. The number of rotatable bonds is 8. The third kappa shape index (κ3) is 6.58. The van der Waals surface area contributed by atoms with Gasteiger partial charge in [0.1, 0.15) is 0 Å². The highest BCUT2D eigenvalue weighted by Gasteiger charge is 1.91. The molecule has 2 heteroatoms. The molecule has 0 atom stereocenters. The molecule has 0 spiro atoms. The monoisotopic (exact) mass is 223 g/mol. The molecule has 0 bridgehead atoms. The molecule has 84 valence electrons. The van der Waals surface area contributed by atoms with Gasteiger partial charge in [0, 0.05) is 6.54 Å². The zero-order chi connectivity index (χ0) is 10.8. The Hall–Kier alpha value is -0.470. The maximum absolute atomic E-state index is 3.47. The van der Waals surface area contributed by atoms with Crippen LogP contribution in [-0.4, -0.2) is 18.6 Å². The van der Waals surface area contributed by atoms with Crippen LogP contribution in [0.3, 0.4) is 0 Å². The first-order valence-corrected chi connectivity index (χ1v) is 7.06. The highest BCUT2D eigenvalue weighted by atomic mass is 32.2.